The molecular weight excluding hydrogens is 445 g/mol. The fraction of sp³-hybridized carbons (Fsp3) is 0.0455. The van der Waals surface area contributed by atoms with Gasteiger partial charge in [-0.2, -0.15) is 0 Å². The minimum atomic E-state index is -0.447. The van der Waals surface area contributed by atoms with E-state index in [2.05, 4.69) is 15.3 Å². The molecule has 0 saturated heterocycles. The molecule has 4 aromatic rings. The van der Waals surface area contributed by atoms with Crippen LogP contribution in [0, 0.1) is 0 Å². The van der Waals surface area contributed by atoms with Crippen LogP contribution in [0.4, 0.5) is 5.69 Å². The predicted octanol–water partition coefficient (Wildman–Crippen LogP) is 6.42. The lowest BCUT2D eigenvalue weighted by Crippen LogP contribution is -2.13. The largest absolute Gasteiger partial charge is 0.488 e. The minimum Gasteiger partial charge on any atom is -0.488 e. The molecule has 0 aliphatic rings. The summed E-state index contributed by atoms with van der Waals surface area (Å²) in [6.07, 6.45) is 5.02. The molecule has 1 amide bonds. The highest BCUT2D eigenvalue weighted by Gasteiger charge is 2.18. The van der Waals surface area contributed by atoms with Gasteiger partial charge >= 0.3 is 0 Å². The second-order valence-corrected chi connectivity index (χ2v) is 7.55. The van der Waals surface area contributed by atoms with Crippen LogP contribution >= 0.6 is 34.8 Å². The molecule has 4 rings (SSSR count). The molecule has 2 heterocycles. The molecule has 0 aliphatic heterocycles. The molecule has 2 aromatic carbocycles. The van der Waals surface area contributed by atoms with E-state index in [-0.39, 0.29) is 15.6 Å². The monoisotopic (exact) mass is 457 g/mol. The summed E-state index contributed by atoms with van der Waals surface area (Å²) in [4.78, 5) is 21.3. The van der Waals surface area contributed by atoms with Crippen LogP contribution in [0.5, 0.6) is 5.75 Å². The second-order valence-electron chi connectivity index (χ2n) is 6.33. The maximum absolute atomic E-state index is 12.8. The average molecular weight is 459 g/mol. The van der Waals surface area contributed by atoms with Crippen LogP contribution in [0.1, 0.15) is 15.9 Å². The zero-order chi connectivity index (χ0) is 21.1. The van der Waals surface area contributed by atoms with Gasteiger partial charge in [0.05, 0.1) is 37.2 Å². The van der Waals surface area contributed by atoms with Gasteiger partial charge in [-0.3, -0.25) is 14.8 Å². The van der Waals surface area contributed by atoms with Crippen molar-refractivity contribution in [2.45, 2.75) is 6.61 Å². The Morgan fingerprint density at radius 3 is 2.47 bits per heavy atom. The maximum atomic E-state index is 12.8. The number of rotatable bonds is 5. The Morgan fingerprint density at radius 2 is 1.73 bits per heavy atom. The van der Waals surface area contributed by atoms with E-state index in [1.165, 1.54) is 0 Å². The van der Waals surface area contributed by atoms with Crippen LogP contribution < -0.4 is 10.1 Å². The topological polar surface area (TPSA) is 64.1 Å². The van der Waals surface area contributed by atoms with E-state index in [0.717, 1.165) is 5.56 Å². The van der Waals surface area contributed by atoms with Gasteiger partial charge in [0.1, 0.15) is 12.4 Å². The zero-order valence-corrected chi connectivity index (χ0v) is 17.7. The van der Waals surface area contributed by atoms with Crippen LogP contribution in [0.15, 0.2) is 67.1 Å². The molecule has 0 bridgehead atoms. The Balaban J connectivity index is 1.68. The Kier molecular flexibility index (Phi) is 6.04. The second kappa shape index (κ2) is 8.88. The molecule has 0 aliphatic carbocycles. The highest BCUT2D eigenvalue weighted by atomic mass is 35.5. The minimum absolute atomic E-state index is 0.188. The maximum Gasteiger partial charge on any atom is 0.258 e. The third-order valence-corrected chi connectivity index (χ3v) is 5.30. The van der Waals surface area contributed by atoms with Gasteiger partial charge in [-0.15, -0.1) is 0 Å². The number of carbonyl (C=O) groups excluding carboxylic acids is 1. The van der Waals surface area contributed by atoms with Gasteiger partial charge in [0.2, 0.25) is 0 Å². The predicted molar refractivity (Wildman–Crippen MR) is 120 cm³/mol. The normalized spacial score (nSPS) is 10.8. The molecule has 30 heavy (non-hydrogen) atoms. The van der Waals surface area contributed by atoms with E-state index in [4.69, 9.17) is 39.5 Å². The lowest BCUT2D eigenvalue weighted by atomic mass is 10.1. The molecule has 150 valence electrons. The van der Waals surface area contributed by atoms with Gasteiger partial charge in [0.25, 0.3) is 5.91 Å². The van der Waals surface area contributed by atoms with Crippen LogP contribution in [0.3, 0.4) is 0 Å². The number of halogens is 3. The number of pyridine rings is 2. The van der Waals surface area contributed by atoms with Crippen molar-refractivity contribution in [3.8, 4) is 5.75 Å². The van der Waals surface area contributed by atoms with Gasteiger partial charge in [0, 0.05) is 24.2 Å². The number of hydrogen-bond donors (Lipinski definition) is 1. The van der Waals surface area contributed by atoms with E-state index in [1.54, 1.807) is 55.0 Å². The van der Waals surface area contributed by atoms with Crippen molar-refractivity contribution in [2.75, 3.05) is 5.32 Å². The van der Waals surface area contributed by atoms with Gasteiger partial charge < -0.3 is 10.1 Å². The number of hydrogen-bond acceptors (Lipinski definition) is 4. The van der Waals surface area contributed by atoms with Gasteiger partial charge in [0.15, 0.2) is 0 Å². The standard InChI is InChI=1S/C22H14Cl3N3O2/c23-14-4-1-5-15(24)19(14)22(29)28-17-7-6-16(25)20-18(8-10-27-21(17)20)30-12-13-3-2-9-26-11-13/h1-11H,12H2,(H,28,29). The molecule has 0 saturated carbocycles. The van der Waals surface area contributed by atoms with Crippen molar-refractivity contribution in [1.82, 2.24) is 9.97 Å². The molecule has 0 radical (unpaired) electrons. The van der Waals surface area contributed by atoms with Gasteiger partial charge in [-0.1, -0.05) is 46.9 Å². The summed E-state index contributed by atoms with van der Waals surface area (Å²) < 4.78 is 5.95. The number of ether oxygens (including phenoxy) is 1. The summed E-state index contributed by atoms with van der Waals surface area (Å²) in [6, 6.07) is 13.7. The first-order valence-corrected chi connectivity index (χ1v) is 10.0. The van der Waals surface area contributed by atoms with Crippen molar-refractivity contribution in [3.05, 3.63) is 93.3 Å². The molecule has 0 unspecified atom stereocenters. The zero-order valence-electron chi connectivity index (χ0n) is 15.4. The Bertz CT molecular complexity index is 1210. The van der Waals surface area contributed by atoms with Gasteiger partial charge in [-0.05, 0) is 36.4 Å². The first-order valence-electron chi connectivity index (χ1n) is 8.89. The summed E-state index contributed by atoms with van der Waals surface area (Å²) in [7, 11) is 0. The molecular formula is C22H14Cl3N3O2. The lowest BCUT2D eigenvalue weighted by Gasteiger charge is -2.14. The summed E-state index contributed by atoms with van der Waals surface area (Å²) >= 11 is 18.7. The van der Waals surface area contributed by atoms with Crippen molar-refractivity contribution >= 4 is 57.3 Å². The van der Waals surface area contributed by atoms with Crippen LogP contribution in [0.25, 0.3) is 10.9 Å². The number of nitrogens with one attached hydrogen (secondary N) is 1. The molecule has 5 nitrogen and oxygen atoms in total. The number of amides is 1. The number of fused-ring (bicyclic) bond motifs is 1. The van der Waals surface area contributed by atoms with Crippen molar-refractivity contribution < 1.29 is 9.53 Å². The molecule has 0 atom stereocenters. The van der Waals surface area contributed by atoms with E-state index >= 15 is 0 Å². The van der Waals surface area contributed by atoms with Crippen molar-refractivity contribution in [1.29, 1.82) is 0 Å². The van der Waals surface area contributed by atoms with Crippen LogP contribution in [0.2, 0.25) is 15.1 Å². The van der Waals surface area contributed by atoms with Crippen molar-refractivity contribution in [2.24, 2.45) is 0 Å². The quantitative estimate of drug-likeness (QED) is 0.375. The first kappa shape index (κ1) is 20.4. The van der Waals surface area contributed by atoms with E-state index in [1.807, 2.05) is 12.1 Å². The molecule has 0 spiro atoms. The number of aromatic nitrogens is 2. The molecule has 8 heteroatoms. The van der Waals surface area contributed by atoms with Crippen LogP contribution in [-0.4, -0.2) is 15.9 Å². The molecule has 1 N–H and O–H groups in total. The first-order chi connectivity index (χ1) is 14.5. The fourth-order valence-electron chi connectivity index (χ4n) is 2.96. The highest BCUT2D eigenvalue weighted by molar-refractivity contribution is 6.40. The summed E-state index contributed by atoms with van der Waals surface area (Å²) in [5.74, 6) is 0.0958. The smallest absolute Gasteiger partial charge is 0.258 e. The highest BCUT2D eigenvalue weighted by Crippen LogP contribution is 2.36. The molecule has 2 aromatic heterocycles. The Morgan fingerprint density at radius 1 is 0.933 bits per heavy atom. The average Bonchev–Trinajstić information content (AvgIpc) is 2.75. The third-order valence-electron chi connectivity index (χ3n) is 4.36. The van der Waals surface area contributed by atoms with Crippen molar-refractivity contribution in [3.63, 3.8) is 0 Å². The third kappa shape index (κ3) is 4.19. The number of anilines is 1. The lowest BCUT2D eigenvalue weighted by molar-refractivity contribution is 0.102. The summed E-state index contributed by atoms with van der Waals surface area (Å²) in [5, 5.41) is 4.37. The number of benzene rings is 2. The summed E-state index contributed by atoms with van der Waals surface area (Å²) in [6.45, 7) is 0.315. The number of nitrogens with zero attached hydrogens (tertiary/aromatic N) is 2. The SMILES string of the molecule is O=C(Nc1ccc(Cl)c2c(OCc3cccnc3)ccnc12)c1c(Cl)cccc1Cl. The molecule has 0 fully saturated rings. The van der Waals surface area contributed by atoms with E-state index in [0.29, 0.717) is 34.0 Å². The number of carbonyl (C=O) groups is 1. The van der Waals surface area contributed by atoms with Gasteiger partial charge in [-0.25, -0.2) is 0 Å². The fourth-order valence-corrected chi connectivity index (χ4v) is 3.78. The van der Waals surface area contributed by atoms with Crippen LogP contribution in [-0.2, 0) is 6.61 Å². The Hall–Kier alpha value is -2.86. The van der Waals surface area contributed by atoms with E-state index < -0.39 is 5.91 Å². The summed E-state index contributed by atoms with van der Waals surface area (Å²) in [5.41, 5.74) is 2.05. The Labute approximate surface area is 187 Å². The van der Waals surface area contributed by atoms with E-state index in [9.17, 15) is 4.79 Å².